The smallest absolute Gasteiger partial charge is 0.352 e. The second-order valence-corrected chi connectivity index (χ2v) is 4.16. The van der Waals surface area contributed by atoms with Crippen molar-refractivity contribution in [3.8, 4) is 11.6 Å². The molecule has 1 aromatic heterocycles. The summed E-state index contributed by atoms with van der Waals surface area (Å²) < 4.78 is 18.2. The third kappa shape index (κ3) is 2.75. The van der Waals surface area contributed by atoms with Crippen LogP contribution in [0.4, 0.5) is 16.0 Å². The van der Waals surface area contributed by atoms with Crippen molar-refractivity contribution in [3.05, 3.63) is 44.8 Å². The molecule has 2 N–H and O–H groups in total. The molecule has 0 atom stereocenters. The van der Waals surface area contributed by atoms with Gasteiger partial charge in [0.05, 0.1) is 9.95 Å². The normalized spacial score (nSPS) is 10.3. The zero-order valence-corrected chi connectivity index (χ0v) is 10.9. The SMILES string of the molecule is Cc1nc(N)nc(Oc2ccc(F)cc2Cl)c1[N+](=O)[O-]. The van der Waals surface area contributed by atoms with Crippen molar-refractivity contribution in [3.63, 3.8) is 0 Å². The van der Waals surface area contributed by atoms with Crippen molar-refractivity contribution in [2.75, 3.05) is 5.73 Å². The number of aryl methyl sites for hydroxylation is 1. The summed E-state index contributed by atoms with van der Waals surface area (Å²) in [5.74, 6) is -1.07. The number of ether oxygens (including phenoxy) is 1. The van der Waals surface area contributed by atoms with Crippen molar-refractivity contribution >= 4 is 23.2 Å². The van der Waals surface area contributed by atoms with Crippen LogP contribution in [-0.2, 0) is 0 Å². The summed E-state index contributed by atoms with van der Waals surface area (Å²) in [6, 6.07) is 3.35. The second kappa shape index (κ2) is 5.25. The number of nitrogen functional groups attached to an aromatic ring is 1. The number of benzene rings is 1. The topological polar surface area (TPSA) is 104 Å². The van der Waals surface area contributed by atoms with Crippen molar-refractivity contribution < 1.29 is 14.1 Å². The Morgan fingerprint density at radius 2 is 2.15 bits per heavy atom. The van der Waals surface area contributed by atoms with Crippen LogP contribution >= 0.6 is 11.6 Å². The van der Waals surface area contributed by atoms with Crippen LogP contribution in [0.15, 0.2) is 18.2 Å². The summed E-state index contributed by atoms with van der Waals surface area (Å²) in [6.07, 6.45) is 0. The highest BCUT2D eigenvalue weighted by Gasteiger charge is 2.24. The minimum atomic E-state index is -0.693. The zero-order chi connectivity index (χ0) is 14.9. The summed E-state index contributed by atoms with van der Waals surface area (Å²) in [6.45, 7) is 1.40. The molecule has 1 heterocycles. The molecule has 9 heteroatoms. The maximum atomic E-state index is 12.9. The summed E-state index contributed by atoms with van der Waals surface area (Å²) in [5, 5.41) is 10.9. The molecule has 0 saturated heterocycles. The van der Waals surface area contributed by atoms with E-state index in [-0.39, 0.29) is 28.3 Å². The average molecular weight is 299 g/mol. The number of rotatable bonds is 3. The molecule has 20 heavy (non-hydrogen) atoms. The van der Waals surface area contributed by atoms with Crippen LogP contribution in [0.5, 0.6) is 11.6 Å². The van der Waals surface area contributed by atoms with E-state index in [9.17, 15) is 14.5 Å². The molecular weight excluding hydrogens is 291 g/mol. The van der Waals surface area contributed by atoms with Gasteiger partial charge in [-0.2, -0.15) is 4.98 Å². The molecular formula is C11H8ClFN4O3. The summed E-state index contributed by atoms with van der Waals surface area (Å²) in [4.78, 5) is 17.7. The van der Waals surface area contributed by atoms with Gasteiger partial charge in [0.1, 0.15) is 17.3 Å². The first kappa shape index (κ1) is 13.9. The number of hydrogen-bond acceptors (Lipinski definition) is 6. The summed E-state index contributed by atoms with van der Waals surface area (Å²) in [7, 11) is 0. The molecule has 2 rings (SSSR count). The van der Waals surface area contributed by atoms with E-state index in [1.807, 2.05) is 0 Å². The summed E-state index contributed by atoms with van der Waals surface area (Å²) >= 11 is 5.78. The molecule has 7 nitrogen and oxygen atoms in total. The third-order valence-electron chi connectivity index (χ3n) is 2.33. The molecule has 0 aliphatic rings. The number of halogens is 2. The Morgan fingerprint density at radius 3 is 2.75 bits per heavy atom. The zero-order valence-electron chi connectivity index (χ0n) is 10.1. The molecule has 0 radical (unpaired) electrons. The Labute approximate surface area is 117 Å². The Kier molecular flexibility index (Phi) is 3.66. The number of nitrogens with zero attached hydrogens (tertiary/aromatic N) is 3. The van der Waals surface area contributed by atoms with Crippen LogP contribution in [-0.4, -0.2) is 14.9 Å². The van der Waals surface area contributed by atoms with Gasteiger partial charge >= 0.3 is 11.6 Å². The lowest BCUT2D eigenvalue weighted by Gasteiger charge is -2.08. The molecule has 2 aromatic rings. The van der Waals surface area contributed by atoms with Gasteiger partial charge < -0.3 is 10.5 Å². The molecule has 0 amide bonds. The van der Waals surface area contributed by atoms with Crippen LogP contribution in [0.1, 0.15) is 5.69 Å². The van der Waals surface area contributed by atoms with Gasteiger partial charge in [-0.15, -0.1) is 0 Å². The lowest BCUT2D eigenvalue weighted by atomic mass is 10.3. The number of hydrogen-bond donors (Lipinski definition) is 1. The number of aromatic nitrogens is 2. The van der Waals surface area contributed by atoms with Crippen LogP contribution < -0.4 is 10.5 Å². The van der Waals surface area contributed by atoms with Gasteiger partial charge in [0, 0.05) is 0 Å². The van der Waals surface area contributed by atoms with E-state index in [4.69, 9.17) is 22.1 Å². The van der Waals surface area contributed by atoms with Crippen molar-refractivity contribution in [1.29, 1.82) is 0 Å². The fraction of sp³-hybridized carbons (Fsp3) is 0.0909. The van der Waals surface area contributed by atoms with Crippen molar-refractivity contribution in [2.45, 2.75) is 6.92 Å². The van der Waals surface area contributed by atoms with Crippen LogP contribution in [0.2, 0.25) is 5.02 Å². The lowest BCUT2D eigenvalue weighted by molar-refractivity contribution is -0.386. The van der Waals surface area contributed by atoms with Crippen LogP contribution in [0.3, 0.4) is 0 Å². The molecule has 1 aromatic carbocycles. The van der Waals surface area contributed by atoms with E-state index < -0.39 is 16.4 Å². The monoisotopic (exact) mass is 298 g/mol. The molecule has 0 bridgehead atoms. The summed E-state index contributed by atoms with van der Waals surface area (Å²) in [5.41, 5.74) is 5.05. The number of nitrogens with two attached hydrogens (primary N) is 1. The fourth-order valence-electron chi connectivity index (χ4n) is 1.51. The van der Waals surface area contributed by atoms with Gasteiger partial charge in [-0.1, -0.05) is 11.6 Å². The predicted molar refractivity (Wildman–Crippen MR) is 69.3 cm³/mol. The van der Waals surface area contributed by atoms with Gasteiger partial charge in [0.15, 0.2) is 0 Å². The van der Waals surface area contributed by atoms with Crippen molar-refractivity contribution in [1.82, 2.24) is 9.97 Å². The van der Waals surface area contributed by atoms with E-state index in [0.717, 1.165) is 12.1 Å². The van der Waals surface area contributed by atoms with E-state index in [0.29, 0.717) is 0 Å². The fourth-order valence-corrected chi connectivity index (χ4v) is 1.71. The molecule has 104 valence electrons. The van der Waals surface area contributed by atoms with Gasteiger partial charge in [0.2, 0.25) is 5.95 Å². The standard InChI is InChI=1S/C11H8ClFN4O3/c1-5-9(17(18)19)10(16-11(14)15-5)20-8-3-2-6(13)4-7(8)12/h2-4H,1H3,(H2,14,15,16). The first-order chi connectivity index (χ1) is 9.38. The Morgan fingerprint density at radius 1 is 1.45 bits per heavy atom. The Balaban J connectivity index is 2.50. The van der Waals surface area contributed by atoms with E-state index in [2.05, 4.69) is 9.97 Å². The molecule has 0 aliphatic heterocycles. The molecule has 0 aliphatic carbocycles. The molecule has 0 unspecified atom stereocenters. The minimum absolute atomic E-state index is 0.0219. The van der Waals surface area contributed by atoms with Gasteiger partial charge in [0.25, 0.3) is 0 Å². The predicted octanol–water partition coefficient (Wildman–Crippen LogP) is 2.86. The molecule has 0 fully saturated rings. The second-order valence-electron chi connectivity index (χ2n) is 3.75. The van der Waals surface area contributed by atoms with E-state index >= 15 is 0 Å². The Hall–Kier alpha value is -2.48. The first-order valence-corrected chi connectivity index (χ1v) is 5.67. The molecule has 0 saturated carbocycles. The van der Waals surface area contributed by atoms with E-state index in [1.165, 1.54) is 13.0 Å². The van der Waals surface area contributed by atoms with Gasteiger partial charge in [-0.25, -0.2) is 9.37 Å². The third-order valence-corrected chi connectivity index (χ3v) is 2.62. The highest BCUT2D eigenvalue weighted by atomic mass is 35.5. The van der Waals surface area contributed by atoms with Crippen LogP contribution in [0.25, 0.3) is 0 Å². The van der Waals surface area contributed by atoms with Gasteiger partial charge in [-0.3, -0.25) is 10.1 Å². The number of nitro groups is 1. The number of anilines is 1. The Bertz CT molecular complexity index is 696. The van der Waals surface area contributed by atoms with Crippen LogP contribution in [0, 0.1) is 22.9 Å². The maximum Gasteiger partial charge on any atom is 0.352 e. The first-order valence-electron chi connectivity index (χ1n) is 5.30. The maximum absolute atomic E-state index is 12.9. The highest BCUT2D eigenvalue weighted by Crippen LogP contribution is 2.35. The molecule has 0 spiro atoms. The lowest BCUT2D eigenvalue weighted by Crippen LogP contribution is -2.05. The quantitative estimate of drug-likeness (QED) is 0.690. The van der Waals surface area contributed by atoms with Crippen molar-refractivity contribution in [2.24, 2.45) is 0 Å². The van der Waals surface area contributed by atoms with Gasteiger partial charge in [-0.05, 0) is 25.1 Å². The largest absolute Gasteiger partial charge is 0.432 e. The highest BCUT2D eigenvalue weighted by molar-refractivity contribution is 6.32. The minimum Gasteiger partial charge on any atom is -0.432 e. The average Bonchev–Trinajstić information content (AvgIpc) is 2.31. The van der Waals surface area contributed by atoms with E-state index in [1.54, 1.807) is 0 Å².